The number of nitrogens with two attached hydrogens (primary N) is 1. The molecule has 0 radical (unpaired) electrons. The Kier molecular flexibility index (Phi) is 9.53. The number of methoxy groups -OCH3 is 1. The predicted molar refractivity (Wildman–Crippen MR) is 169 cm³/mol. The van der Waals surface area contributed by atoms with Crippen molar-refractivity contribution in [1.29, 1.82) is 0 Å². The van der Waals surface area contributed by atoms with Crippen LogP contribution < -0.4 is 15.2 Å². The van der Waals surface area contributed by atoms with Crippen molar-refractivity contribution in [2.75, 3.05) is 40.0 Å². The minimum Gasteiger partial charge on any atom is -0.496 e. The largest absolute Gasteiger partial charge is 0.496 e. The lowest BCUT2D eigenvalue weighted by Crippen LogP contribution is -2.38. The number of halogens is 1. The number of ether oxygens (including phenoxy) is 3. The number of nitrogens with zero attached hydrogens (tertiary/aromatic N) is 4. The zero-order chi connectivity index (χ0) is 31.4. The monoisotopic (exact) mass is 619 g/mol. The Balaban J connectivity index is 1.29. The molecule has 1 saturated heterocycles. The number of hydrogen-bond acceptors (Lipinski definition) is 8. The highest BCUT2D eigenvalue weighted by Gasteiger charge is 2.22. The number of carbonyl (C=O) groups is 2. The maximum absolute atomic E-state index is 13.3. The summed E-state index contributed by atoms with van der Waals surface area (Å²) in [4.78, 5) is 32.0. The van der Waals surface area contributed by atoms with Crippen LogP contribution in [0.2, 0.25) is 5.02 Å². The molecule has 232 valence electrons. The second kappa shape index (κ2) is 13.3. The number of fused-ring (bicyclic) bond motifs is 1. The number of hydrogen-bond donors (Lipinski definition) is 1. The summed E-state index contributed by atoms with van der Waals surface area (Å²) in [5.74, 6) is 0.708. The maximum atomic E-state index is 13.3. The molecule has 2 N–H and O–H groups in total. The standard InChI is InChI=1S/C33H38ClN5O5/c1-33(2,3)31-17-22(39(37-31)10-9-38-11-13-43-14-12-38)16-23(40)15-21-5-6-24(18-27(21)34)44-29-7-8-36-28-20-30(42-4)26(32(35)41)19-25(28)29/h5-8,17-20H,9-16H2,1-4H3,(H2,35,41). The number of Topliss-reactive ketones (excluding diaryl/α,β-unsaturated/α-hetero) is 1. The van der Waals surface area contributed by atoms with E-state index in [9.17, 15) is 9.59 Å². The Hall–Kier alpha value is -3.99. The van der Waals surface area contributed by atoms with E-state index in [4.69, 9.17) is 36.6 Å². The highest BCUT2D eigenvalue weighted by molar-refractivity contribution is 6.31. The lowest BCUT2D eigenvalue weighted by atomic mass is 9.92. The van der Waals surface area contributed by atoms with Gasteiger partial charge in [-0.2, -0.15) is 5.10 Å². The van der Waals surface area contributed by atoms with Crippen molar-refractivity contribution >= 4 is 34.2 Å². The Morgan fingerprint density at radius 3 is 2.48 bits per heavy atom. The van der Waals surface area contributed by atoms with Crippen molar-refractivity contribution in [3.05, 3.63) is 76.2 Å². The van der Waals surface area contributed by atoms with Crippen LogP contribution in [0.3, 0.4) is 0 Å². The summed E-state index contributed by atoms with van der Waals surface area (Å²) >= 11 is 6.64. The molecule has 2 aromatic heterocycles. The van der Waals surface area contributed by atoms with Gasteiger partial charge in [-0.15, -0.1) is 0 Å². The molecule has 1 aliphatic heterocycles. The van der Waals surface area contributed by atoms with Crippen LogP contribution in [0.15, 0.2) is 48.7 Å². The van der Waals surface area contributed by atoms with Crippen molar-refractivity contribution in [2.45, 2.75) is 45.6 Å². The third kappa shape index (κ3) is 7.38. The number of morpholine rings is 1. The first kappa shape index (κ1) is 31.4. The fourth-order valence-corrected chi connectivity index (χ4v) is 5.39. The lowest BCUT2D eigenvalue weighted by molar-refractivity contribution is -0.117. The highest BCUT2D eigenvalue weighted by Crippen LogP contribution is 2.34. The van der Waals surface area contributed by atoms with Crippen LogP contribution in [0.1, 0.15) is 48.1 Å². The van der Waals surface area contributed by atoms with Crippen LogP contribution in [-0.2, 0) is 34.3 Å². The summed E-state index contributed by atoms with van der Waals surface area (Å²) in [5, 5.41) is 5.88. The van der Waals surface area contributed by atoms with Gasteiger partial charge in [0, 0.05) is 66.3 Å². The minimum atomic E-state index is -0.620. The van der Waals surface area contributed by atoms with Crippen LogP contribution in [0.4, 0.5) is 0 Å². The van der Waals surface area contributed by atoms with Gasteiger partial charge in [-0.25, -0.2) is 0 Å². The van der Waals surface area contributed by atoms with Gasteiger partial charge in [-0.3, -0.25) is 24.2 Å². The van der Waals surface area contributed by atoms with Gasteiger partial charge in [-0.05, 0) is 35.9 Å². The van der Waals surface area contributed by atoms with Gasteiger partial charge in [0.1, 0.15) is 23.0 Å². The summed E-state index contributed by atoms with van der Waals surface area (Å²) < 4.78 is 18.9. The Bertz CT molecular complexity index is 1670. The molecular formula is C33H38ClN5O5. The zero-order valence-electron chi connectivity index (χ0n) is 25.6. The average Bonchev–Trinajstić information content (AvgIpc) is 3.40. The lowest BCUT2D eigenvalue weighted by Gasteiger charge is -2.26. The molecule has 1 aliphatic rings. The zero-order valence-corrected chi connectivity index (χ0v) is 26.3. The van der Waals surface area contributed by atoms with Crippen LogP contribution in [0.25, 0.3) is 10.9 Å². The van der Waals surface area contributed by atoms with Gasteiger partial charge in [0.15, 0.2) is 0 Å². The molecule has 2 aromatic carbocycles. The van der Waals surface area contributed by atoms with Gasteiger partial charge in [0.25, 0.3) is 5.91 Å². The predicted octanol–water partition coefficient (Wildman–Crippen LogP) is 4.97. The maximum Gasteiger partial charge on any atom is 0.252 e. The highest BCUT2D eigenvalue weighted by atomic mass is 35.5. The average molecular weight is 620 g/mol. The van der Waals surface area contributed by atoms with Crippen molar-refractivity contribution in [3.8, 4) is 17.2 Å². The molecule has 4 aromatic rings. The number of carbonyl (C=O) groups excluding carboxylic acids is 2. The summed E-state index contributed by atoms with van der Waals surface area (Å²) in [6.45, 7) is 11.2. The number of primary amides is 1. The van der Waals surface area contributed by atoms with Crippen molar-refractivity contribution in [1.82, 2.24) is 19.7 Å². The fourth-order valence-electron chi connectivity index (χ4n) is 5.16. The van der Waals surface area contributed by atoms with Gasteiger partial charge < -0.3 is 19.9 Å². The Labute approximate surface area is 262 Å². The Morgan fingerprint density at radius 2 is 1.80 bits per heavy atom. The number of benzene rings is 2. The molecule has 1 fully saturated rings. The second-order valence-electron chi connectivity index (χ2n) is 11.9. The molecule has 0 bridgehead atoms. The van der Waals surface area contributed by atoms with E-state index in [-0.39, 0.29) is 29.6 Å². The van der Waals surface area contributed by atoms with E-state index in [0.717, 1.165) is 44.2 Å². The van der Waals surface area contributed by atoms with Crippen LogP contribution >= 0.6 is 11.6 Å². The first-order valence-electron chi connectivity index (χ1n) is 14.6. The van der Waals surface area contributed by atoms with Crippen molar-refractivity contribution < 1.29 is 23.8 Å². The van der Waals surface area contributed by atoms with E-state index >= 15 is 0 Å². The molecule has 11 heteroatoms. The number of amides is 1. The van der Waals surface area contributed by atoms with E-state index < -0.39 is 5.91 Å². The molecule has 3 heterocycles. The van der Waals surface area contributed by atoms with Crippen LogP contribution in [0, 0.1) is 0 Å². The van der Waals surface area contributed by atoms with Gasteiger partial charge in [0.05, 0.1) is 43.6 Å². The molecule has 0 unspecified atom stereocenters. The number of rotatable bonds is 11. The number of ketones is 1. The number of aromatic nitrogens is 3. The van der Waals surface area contributed by atoms with E-state index in [0.29, 0.717) is 45.3 Å². The summed E-state index contributed by atoms with van der Waals surface area (Å²) in [5.41, 5.74) is 8.80. The van der Waals surface area contributed by atoms with Crippen molar-refractivity contribution in [2.24, 2.45) is 5.73 Å². The first-order chi connectivity index (χ1) is 21.0. The Morgan fingerprint density at radius 1 is 1.02 bits per heavy atom. The van der Waals surface area contributed by atoms with E-state index in [2.05, 4.69) is 30.7 Å². The van der Waals surface area contributed by atoms with Crippen molar-refractivity contribution in [3.63, 3.8) is 0 Å². The summed E-state index contributed by atoms with van der Waals surface area (Å²) in [7, 11) is 1.46. The third-order valence-electron chi connectivity index (χ3n) is 7.67. The molecule has 10 nitrogen and oxygen atoms in total. The smallest absolute Gasteiger partial charge is 0.252 e. The molecule has 1 amide bonds. The molecule has 0 saturated carbocycles. The van der Waals surface area contributed by atoms with E-state index in [1.165, 1.54) is 7.11 Å². The van der Waals surface area contributed by atoms with Gasteiger partial charge >= 0.3 is 0 Å². The first-order valence-corrected chi connectivity index (χ1v) is 15.0. The summed E-state index contributed by atoms with van der Waals surface area (Å²) in [6, 6.07) is 12.2. The minimum absolute atomic E-state index is 0.0432. The fraction of sp³-hybridized carbons (Fsp3) is 0.394. The molecule has 5 rings (SSSR count). The SMILES string of the molecule is COc1cc2nccc(Oc3ccc(CC(=O)Cc4cc(C(C)(C)C)nn4CCN4CCOCC4)c(Cl)c3)c2cc1C(N)=O. The summed E-state index contributed by atoms with van der Waals surface area (Å²) in [6.07, 6.45) is 2.04. The normalized spacial score (nSPS) is 14.1. The topological polar surface area (TPSA) is 122 Å². The molecular weight excluding hydrogens is 582 g/mol. The molecule has 44 heavy (non-hydrogen) atoms. The molecule has 0 atom stereocenters. The van der Waals surface area contributed by atoms with Crippen LogP contribution in [-0.4, -0.2) is 71.3 Å². The second-order valence-corrected chi connectivity index (χ2v) is 12.3. The van der Waals surface area contributed by atoms with Gasteiger partial charge in [0.2, 0.25) is 0 Å². The van der Waals surface area contributed by atoms with E-state index in [1.807, 2.05) is 10.7 Å². The molecule has 0 spiro atoms. The number of pyridine rings is 1. The quantitative estimate of drug-likeness (QED) is 0.250. The van der Waals surface area contributed by atoms with E-state index in [1.54, 1.807) is 42.6 Å². The molecule has 0 aliphatic carbocycles. The van der Waals surface area contributed by atoms with Gasteiger partial charge in [-0.1, -0.05) is 38.4 Å². The van der Waals surface area contributed by atoms with Crippen LogP contribution in [0.5, 0.6) is 17.2 Å². The third-order valence-corrected chi connectivity index (χ3v) is 8.02.